The molecule has 3 atom stereocenters. The van der Waals surface area contributed by atoms with Crippen LogP contribution in [0.2, 0.25) is 0 Å². The minimum atomic E-state index is -1.22. The summed E-state index contributed by atoms with van der Waals surface area (Å²) in [5.41, 5.74) is 0. The lowest BCUT2D eigenvalue weighted by molar-refractivity contribution is -0.143. The molecule has 1 fully saturated rings. The number of rotatable bonds is 4. The molecular weight excluding hydrogens is 200 g/mol. The molecule has 0 radical (unpaired) electrons. The summed E-state index contributed by atoms with van der Waals surface area (Å²) in [4.78, 5) is 22.2. The van der Waals surface area contributed by atoms with Gasteiger partial charge in [-0.05, 0) is 19.9 Å². The van der Waals surface area contributed by atoms with E-state index in [0.29, 0.717) is 6.42 Å². The van der Waals surface area contributed by atoms with Gasteiger partial charge < -0.3 is 20.8 Å². The van der Waals surface area contributed by atoms with Crippen molar-refractivity contribution in [2.24, 2.45) is 5.92 Å². The Morgan fingerprint density at radius 1 is 1.60 bits per heavy atom. The van der Waals surface area contributed by atoms with Crippen LogP contribution in [0.4, 0.5) is 0 Å². The highest BCUT2D eigenvalue weighted by Crippen LogP contribution is 2.15. The van der Waals surface area contributed by atoms with Crippen molar-refractivity contribution in [1.82, 2.24) is 10.6 Å². The Kier molecular flexibility index (Phi) is 4.05. The molecule has 4 N–H and O–H groups in total. The van der Waals surface area contributed by atoms with Gasteiger partial charge in [-0.2, -0.15) is 0 Å². The molecule has 0 aliphatic carbocycles. The summed E-state index contributed by atoms with van der Waals surface area (Å²) in [6.07, 6.45) is 0.699. The third-order valence-corrected chi connectivity index (χ3v) is 2.66. The first-order valence-electron chi connectivity index (χ1n) is 4.93. The van der Waals surface area contributed by atoms with Crippen LogP contribution in [0, 0.1) is 5.92 Å². The van der Waals surface area contributed by atoms with Crippen LogP contribution in [0.1, 0.15) is 13.3 Å². The van der Waals surface area contributed by atoms with Gasteiger partial charge in [-0.15, -0.1) is 0 Å². The van der Waals surface area contributed by atoms with Crippen LogP contribution < -0.4 is 10.6 Å². The number of hydrogen-bond acceptors (Lipinski definition) is 4. The van der Waals surface area contributed by atoms with Crippen LogP contribution in [-0.4, -0.2) is 47.3 Å². The van der Waals surface area contributed by atoms with E-state index in [4.69, 9.17) is 10.2 Å². The molecule has 2 unspecified atom stereocenters. The average Bonchev–Trinajstić information content (AvgIpc) is 2.60. The topological polar surface area (TPSA) is 98.7 Å². The number of carbonyl (C=O) groups excluding carboxylic acids is 1. The van der Waals surface area contributed by atoms with E-state index in [1.807, 2.05) is 6.92 Å². The maximum atomic E-state index is 11.6. The lowest BCUT2D eigenvalue weighted by atomic mass is 10.0. The van der Waals surface area contributed by atoms with Crippen molar-refractivity contribution >= 4 is 11.9 Å². The van der Waals surface area contributed by atoms with E-state index in [1.54, 1.807) is 0 Å². The quantitative estimate of drug-likeness (QED) is 0.460. The summed E-state index contributed by atoms with van der Waals surface area (Å²) < 4.78 is 0. The van der Waals surface area contributed by atoms with E-state index in [2.05, 4.69) is 10.6 Å². The molecule has 1 heterocycles. The smallest absolute Gasteiger partial charge is 0.328 e. The SMILES string of the molecule is CC1NCCC1C(=O)N[C@@H](CO)C(=O)O. The van der Waals surface area contributed by atoms with Crippen LogP contribution in [-0.2, 0) is 9.59 Å². The van der Waals surface area contributed by atoms with E-state index in [-0.39, 0.29) is 17.9 Å². The Bertz CT molecular complexity index is 256. The average molecular weight is 216 g/mol. The molecule has 15 heavy (non-hydrogen) atoms. The minimum absolute atomic E-state index is 0.0538. The van der Waals surface area contributed by atoms with Crippen LogP contribution in [0.25, 0.3) is 0 Å². The highest BCUT2D eigenvalue weighted by atomic mass is 16.4. The third kappa shape index (κ3) is 2.90. The van der Waals surface area contributed by atoms with Gasteiger partial charge in [0.1, 0.15) is 6.04 Å². The largest absolute Gasteiger partial charge is 0.480 e. The normalized spacial score (nSPS) is 27.3. The highest BCUT2D eigenvalue weighted by molar-refractivity contribution is 5.85. The highest BCUT2D eigenvalue weighted by Gasteiger charge is 2.31. The van der Waals surface area contributed by atoms with E-state index in [1.165, 1.54) is 0 Å². The predicted octanol–water partition coefficient (Wildman–Crippen LogP) is -1.45. The molecule has 1 aliphatic rings. The predicted molar refractivity (Wildman–Crippen MR) is 52.2 cm³/mol. The van der Waals surface area contributed by atoms with Gasteiger partial charge in [-0.3, -0.25) is 4.79 Å². The fourth-order valence-corrected chi connectivity index (χ4v) is 1.68. The molecule has 6 nitrogen and oxygen atoms in total. The molecule has 0 aromatic heterocycles. The molecule has 1 saturated heterocycles. The zero-order valence-electron chi connectivity index (χ0n) is 8.56. The Morgan fingerprint density at radius 3 is 2.67 bits per heavy atom. The molecule has 1 rings (SSSR count). The van der Waals surface area contributed by atoms with E-state index in [0.717, 1.165) is 6.54 Å². The number of hydrogen-bond donors (Lipinski definition) is 4. The summed E-state index contributed by atoms with van der Waals surface area (Å²) in [5.74, 6) is -1.74. The van der Waals surface area contributed by atoms with Crippen molar-refractivity contribution in [3.8, 4) is 0 Å². The minimum Gasteiger partial charge on any atom is -0.480 e. The second-order valence-electron chi connectivity index (χ2n) is 3.72. The Morgan fingerprint density at radius 2 is 2.27 bits per heavy atom. The molecule has 86 valence electrons. The molecule has 6 heteroatoms. The first-order chi connectivity index (χ1) is 7.06. The molecule has 0 aromatic carbocycles. The third-order valence-electron chi connectivity index (χ3n) is 2.66. The number of carboxylic acids is 1. The van der Waals surface area contributed by atoms with Crippen molar-refractivity contribution in [2.45, 2.75) is 25.4 Å². The number of nitrogens with one attached hydrogen (secondary N) is 2. The molecular formula is C9H16N2O4. The maximum absolute atomic E-state index is 11.6. The zero-order valence-corrected chi connectivity index (χ0v) is 8.56. The second-order valence-corrected chi connectivity index (χ2v) is 3.72. The van der Waals surface area contributed by atoms with Crippen molar-refractivity contribution in [2.75, 3.05) is 13.2 Å². The summed E-state index contributed by atoms with van der Waals surface area (Å²) in [7, 11) is 0. The van der Waals surface area contributed by atoms with Crippen molar-refractivity contribution in [1.29, 1.82) is 0 Å². The van der Waals surface area contributed by atoms with Gasteiger partial charge in [0.05, 0.1) is 12.5 Å². The number of amides is 1. The number of aliphatic hydroxyl groups excluding tert-OH is 1. The fraction of sp³-hybridized carbons (Fsp3) is 0.778. The second kappa shape index (κ2) is 5.09. The van der Waals surface area contributed by atoms with Gasteiger partial charge in [0.15, 0.2) is 0 Å². The van der Waals surface area contributed by atoms with Crippen molar-refractivity contribution in [3.63, 3.8) is 0 Å². The summed E-state index contributed by atoms with van der Waals surface area (Å²) in [5, 5.41) is 22.8. The van der Waals surface area contributed by atoms with Gasteiger partial charge in [0, 0.05) is 6.04 Å². The molecule has 0 bridgehead atoms. The van der Waals surface area contributed by atoms with Crippen LogP contribution in [0.5, 0.6) is 0 Å². The molecule has 0 aromatic rings. The van der Waals surface area contributed by atoms with E-state index >= 15 is 0 Å². The van der Waals surface area contributed by atoms with E-state index < -0.39 is 18.6 Å². The van der Waals surface area contributed by atoms with Crippen molar-refractivity contribution < 1.29 is 19.8 Å². The Hall–Kier alpha value is -1.14. The van der Waals surface area contributed by atoms with Crippen molar-refractivity contribution in [3.05, 3.63) is 0 Å². The Balaban J connectivity index is 2.50. The Labute approximate surface area is 87.7 Å². The van der Waals surface area contributed by atoms with Gasteiger partial charge >= 0.3 is 5.97 Å². The van der Waals surface area contributed by atoms with Crippen LogP contribution in [0.15, 0.2) is 0 Å². The van der Waals surface area contributed by atoms with Crippen LogP contribution >= 0.6 is 0 Å². The lowest BCUT2D eigenvalue weighted by Crippen LogP contribution is -2.47. The fourth-order valence-electron chi connectivity index (χ4n) is 1.68. The van der Waals surface area contributed by atoms with E-state index in [9.17, 15) is 9.59 Å². The summed E-state index contributed by atoms with van der Waals surface area (Å²) in [6.45, 7) is 2.05. The monoisotopic (exact) mass is 216 g/mol. The standard InChI is InChI=1S/C9H16N2O4/c1-5-6(2-3-10-5)8(13)11-7(4-12)9(14)15/h5-7,10,12H,2-4H2,1H3,(H,11,13)(H,14,15)/t5?,6?,7-/m0/s1. The molecule has 0 saturated carbocycles. The number of aliphatic carboxylic acids is 1. The summed E-state index contributed by atoms with van der Waals surface area (Å²) in [6, 6.07) is -1.15. The summed E-state index contributed by atoms with van der Waals surface area (Å²) >= 11 is 0. The maximum Gasteiger partial charge on any atom is 0.328 e. The van der Waals surface area contributed by atoms with Gasteiger partial charge in [-0.25, -0.2) is 4.79 Å². The zero-order chi connectivity index (χ0) is 11.4. The molecule has 0 spiro atoms. The lowest BCUT2D eigenvalue weighted by Gasteiger charge is -2.17. The van der Waals surface area contributed by atoms with Crippen LogP contribution in [0.3, 0.4) is 0 Å². The van der Waals surface area contributed by atoms with Gasteiger partial charge in [0.2, 0.25) is 5.91 Å². The number of aliphatic hydroxyl groups is 1. The number of carboxylic acid groups (broad SMARTS) is 1. The number of carbonyl (C=O) groups is 2. The molecule has 1 amide bonds. The van der Waals surface area contributed by atoms with Gasteiger partial charge in [0.25, 0.3) is 0 Å². The molecule has 1 aliphatic heterocycles. The first-order valence-corrected chi connectivity index (χ1v) is 4.93. The first kappa shape index (κ1) is 11.9. The van der Waals surface area contributed by atoms with Gasteiger partial charge in [-0.1, -0.05) is 0 Å².